The summed E-state index contributed by atoms with van der Waals surface area (Å²) in [6.07, 6.45) is 4.70. The maximum Gasteiger partial charge on any atom is 0.0801 e. The summed E-state index contributed by atoms with van der Waals surface area (Å²) >= 11 is 1.83. The van der Waals surface area contributed by atoms with E-state index in [0.717, 1.165) is 30.0 Å². The van der Waals surface area contributed by atoms with Crippen molar-refractivity contribution in [3.8, 4) is 0 Å². The molecule has 16 heavy (non-hydrogen) atoms. The fourth-order valence-corrected chi connectivity index (χ4v) is 3.27. The fraction of sp³-hybridized carbons (Fsp3) is 0.750. The van der Waals surface area contributed by atoms with Gasteiger partial charge in [0, 0.05) is 24.4 Å². The quantitative estimate of drug-likeness (QED) is 0.877. The van der Waals surface area contributed by atoms with E-state index in [9.17, 15) is 5.11 Å². The van der Waals surface area contributed by atoms with E-state index in [4.69, 9.17) is 0 Å². The number of aromatic nitrogens is 2. The van der Waals surface area contributed by atoms with E-state index in [1.165, 1.54) is 0 Å². The molecule has 2 rings (SSSR count). The first-order chi connectivity index (χ1) is 7.63. The number of thioether (sulfide) groups is 1. The third-order valence-electron chi connectivity index (χ3n) is 3.30. The second-order valence-electron chi connectivity index (χ2n) is 4.75. The highest BCUT2D eigenvalue weighted by atomic mass is 32.2. The zero-order chi connectivity index (χ0) is 11.6. The molecule has 0 bridgehead atoms. The molecule has 1 saturated heterocycles. The van der Waals surface area contributed by atoms with E-state index in [2.05, 4.69) is 18.9 Å². The summed E-state index contributed by atoms with van der Waals surface area (Å²) in [5.41, 5.74) is 0.504. The van der Waals surface area contributed by atoms with Crippen LogP contribution in [0.1, 0.15) is 38.4 Å². The summed E-state index contributed by atoms with van der Waals surface area (Å²) in [5, 5.41) is 14.8. The van der Waals surface area contributed by atoms with Crippen molar-refractivity contribution in [1.29, 1.82) is 0 Å². The largest absolute Gasteiger partial charge is 0.389 e. The van der Waals surface area contributed by atoms with Gasteiger partial charge in [0.2, 0.25) is 0 Å². The minimum absolute atomic E-state index is 0.446. The molecule has 0 spiro atoms. The molecule has 0 amide bonds. The number of rotatable bonds is 4. The molecule has 1 N–H and O–H groups in total. The average Bonchev–Trinajstić information content (AvgIpc) is 2.87. The molecule has 0 radical (unpaired) electrons. The monoisotopic (exact) mass is 240 g/mol. The van der Waals surface area contributed by atoms with Crippen molar-refractivity contribution in [1.82, 2.24) is 9.78 Å². The van der Waals surface area contributed by atoms with Gasteiger partial charge in [-0.05, 0) is 31.6 Å². The molecule has 4 heteroatoms. The summed E-state index contributed by atoms with van der Waals surface area (Å²) < 4.78 is 2.00. The van der Waals surface area contributed by atoms with E-state index in [-0.39, 0.29) is 0 Å². The highest BCUT2D eigenvalue weighted by Crippen LogP contribution is 2.30. The smallest absolute Gasteiger partial charge is 0.0801 e. The summed E-state index contributed by atoms with van der Waals surface area (Å²) in [6.45, 7) is 4.32. The van der Waals surface area contributed by atoms with Gasteiger partial charge in [-0.2, -0.15) is 16.9 Å². The molecule has 2 unspecified atom stereocenters. The Morgan fingerprint density at radius 3 is 3.12 bits per heavy atom. The Hall–Kier alpha value is -0.480. The second-order valence-corrected chi connectivity index (χ2v) is 5.85. The molecule has 1 aromatic rings. The standard InChI is InChI=1S/C12H20N2OS/c1-3-10(2)14-6-4-11(13-14)8-12(15)5-7-16-9-12/h4,6,10,15H,3,5,7-9H2,1-2H3. The van der Waals surface area contributed by atoms with Crippen LogP contribution in [0.25, 0.3) is 0 Å². The van der Waals surface area contributed by atoms with Crippen molar-refractivity contribution < 1.29 is 5.11 Å². The molecule has 0 aromatic carbocycles. The molecule has 3 nitrogen and oxygen atoms in total. The molecular weight excluding hydrogens is 220 g/mol. The fourth-order valence-electron chi connectivity index (χ4n) is 1.98. The molecular formula is C12H20N2OS. The zero-order valence-electron chi connectivity index (χ0n) is 10.0. The van der Waals surface area contributed by atoms with E-state index in [1.807, 2.05) is 28.7 Å². The van der Waals surface area contributed by atoms with Crippen molar-refractivity contribution in [2.75, 3.05) is 11.5 Å². The van der Waals surface area contributed by atoms with Crippen molar-refractivity contribution in [3.63, 3.8) is 0 Å². The first kappa shape index (κ1) is 12.0. The van der Waals surface area contributed by atoms with Crippen LogP contribution < -0.4 is 0 Å². The van der Waals surface area contributed by atoms with Crippen LogP contribution in [0.15, 0.2) is 12.3 Å². The Labute approximate surface area is 101 Å². The van der Waals surface area contributed by atoms with E-state index in [1.54, 1.807) is 0 Å². The Morgan fingerprint density at radius 2 is 2.50 bits per heavy atom. The minimum Gasteiger partial charge on any atom is -0.389 e. The van der Waals surface area contributed by atoms with Crippen LogP contribution in [-0.4, -0.2) is 32.0 Å². The molecule has 2 atom stereocenters. The van der Waals surface area contributed by atoms with Crippen LogP contribution in [0.3, 0.4) is 0 Å². The van der Waals surface area contributed by atoms with E-state index >= 15 is 0 Å². The lowest BCUT2D eigenvalue weighted by molar-refractivity contribution is 0.0674. The second kappa shape index (κ2) is 4.80. The average molecular weight is 240 g/mol. The summed E-state index contributed by atoms with van der Waals surface area (Å²) in [6, 6.07) is 2.48. The molecule has 0 aliphatic carbocycles. The Balaban J connectivity index is 2.02. The van der Waals surface area contributed by atoms with Gasteiger partial charge >= 0.3 is 0 Å². The van der Waals surface area contributed by atoms with Crippen LogP contribution in [-0.2, 0) is 6.42 Å². The summed E-state index contributed by atoms with van der Waals surface area (Å²) in [4.78, 5) is 0. The number of hydrogen-bond donors (Lipinski definition) is 1. The Morgan fingerprint density at radius 1 is 1.69 bits per heavy atom. The predicted molar refractivity (Wildman–Crippen MR) is 67.8 cm³/mol. The van der Waals surface area contributed by atoms with Gasteiger partial charge < -0.3 is 5.11 Å². The van der Waals surface area contributed by atoms with Gasteiger partial charge in [-0.25, -0.2) is 0 Å². The molecule has 1 aliphatic rings. The molecule has 2 heterocycles. The summed E-state index contributed by atoms with van der Waals surface area (Å²) in [5.74, 6) is 1.92. The maximum absolute atomic E-state index is 10.3. The lowest BCUT2D eigenvalue weighted by Gasteiger charge is -2.19. The Kier molecular flexibility index (Phi) is 3.60. The molecule has 0 saturated carbocycles. The van der Waals surface area contributed by atoms with Gasteiger partial charge in [-0.3, -0.25) is 4.68 Å². The van der Waals surface area contributed by atoms with Crippen molar-refractivity contribution in [3.05, 3.63) is 18.0 Å². The number of aliphatic hydroxyl groups is 1. The van der Waals surface area contributed by atoms with Gasteiger partial charge in [0.15, 0.2) is 0 Å². The van der Waals surface area contributed by atoms with Crippen molar-refractivity contribution in [2.24, 2.45) is 0 Å². The van der Waals surface area contributed by atoms with E-state index in [0.29, 0.717) is 12.5 Å². The Bertz CT molecular complexity index is 345. The topological polar surface area (TPSA) is 38.0 Å². The summed E-state index contributed by atoms with van der Waals surface area (Å²) in [7, 11) is 0. The van der Waals surface area contributed by atoms with Crippen molar-refractivity contribution >= 4 is 11.8 Å². The van der Waals surface area contributed by atoms with Crippen molar-refractivity contribution in [2.45, 2.75) is 44.8 Å². The van der Waals surface area contributed by atoms with E-state index < -0.39 is 5.60 Å². The van der Waals surface area contributed by atoms with Gasteiger partial charge in [-0.15, -0.1) is 0 Å². The normalized spacial score (nSPS) is 27.2. The third-order valence-corrected chi connectivity index (χ3v) is 4.53. The van der Waals surface area contributed by atoms with Crippen LogP contribution in [0.2, 0.25) is 0 Å². The van der Waals surface area contributed by atoms with Gasteiger partial charge in [0.1, 0.15) is 0 Å². The lowest BCUT2D eigenvalue weighted by atomic mass is 9.97. The predicted octanol–water partition coefficient (Wildman–Crippen LogP) is 2.26. The molecule has 90 valence electrons. The molecule has 1 aromatic heterocycles. The SMILES string of the molecule is CCC(C)n1ccc(CC2(O)CCSC2)n1. The highest BCUT2D eigenvalue weighted by molar-refractivity contribution is 7.99. The van der Waals surface area contributed by atoms with Gasteiger partial charge in [0.25, 0.3) is 0 Å². The molecule has 1 aliphatic heterocycles. The first-order valence-corrected chi connectivity index (χ1v) is 7.12. The van der Waals surface area contributed by atoms with Gasteiger partial charge in [0.05, 0.1) is 11.3 Å². The van der Waals surface area contributed by atoms with Crippen LogP contribution in [0.4, 0.5) is 0 Å². The van der Waals surface area contributed by atoms with Crippen LogP contribution in [0.5, 0.6) is 0 Å². The third kappa shape index (κ3) is 2.61. The first-order valence-electron chi connectivity index (χ1n) is 5.97. The zero-order valence-corrected chi connectivity index (χ0v) is 10.8. The lowest BCUT2D eigenvalue weighted by Crippen LogP contribution is -2.31. The number of hydrogen-bond acceptors (Lipinski definition) is 3. The van der Waals surface area contributed by atoms with Crippen LogP contribution >= 0.6 is 11.8 Å². The highest BCUT2D eigenvalue weighted by Gasteiger charge is 2.32. The molecule has 1 fully saturated rings. The van der Waals surface area contributed by atoms with Crippen LogP contribution in [0, 0.1) is 0 Å². The maximum atomic E-state index is 10.3. The number of nitrogens with zero attached hydrogens (tertiary/aromatic N) is 2. The minimum atomic E-state index is -0.515. The van der Waals surface area contributed by atoms with Gasteiger partial charge in [-0.1, -0.05) is 6.92 Å².